The van der Waals surface area contributed by atoms with Gasteiger partial charge in [-0.15, -0.1) is 0 Å². The van der Waals surface area contributed by atoms with Gasteiger partial charge < -0.3 is 10.1 Å². The average molecular weight is 451 g/mol. The van der Waals surface area contributed by atoms with Gasteiger partial charge >= 0.3 is 0 Å². The van der Waals surface area contributed by atoms with Crippen molar-refractivity contribution in [2.75, 3.05) is 39.1 Å². The number of halogens is 1. The number of methoxy groups -OCH3 is 1. The van der Waals surface area contributed by atoms with Crippen molar-refractivity contribution in [2.45, 2.75) is 23.8 Å². The number of nitrogens with one attached hydrogen (secondary N) is 1. The molecule has 1 heterocycles. The van der Waals surface area contributed by atoms with Gasteiger partial charge in [-0.2, -0.15) is 0 Å². The molecular weight excluding hydrogens is 424 g/mol. The predicted octanol–water partition coefficient (Wildman–Crippen LogP) is 3.33. The molecule has 162 valence electrons. The average Bonchev–Trinajstić information content (AvgIpc) is 3.27. The summed E-state index contributed by atoms with van der Waals surface area (Å²) >= 11 is 6.17. The minimum Gasteiger partial charge on any atom is -0.384 e. The Balaban J connectivity index is 1.68. The van der Waals surface area contributed by atoms with Crippen molar-refractivity contribution >= 4 is 27.3 Å². The lowest BCUT2D eigenvalue weighted by molar-refractivity contribution is 0.0938. The molecule has 1 unspecified atom stereocenters. The van der Waals surface area contributed by atoms with E-state index in [4.69, 9.17) is 16.3 Å². The molecule has 0 bridgehead atoms. The van der Waals surface area contributed by atoms with Crippen molar-refractivity contribution in [2.24, 2.45) is 0 Å². The van der Waals surface area contributed by atoms with E-state index in [1.807, 2.05) is 24.3 Å². The molecule has 0 saturated carbocycles. The quantitative estimate of drug-likeness (QED) is 0.634. The molecular formula is C22H27ClN2O4S. The van der Waals surface area contributed by atoms with Crippen LogP contribution in [0.3, 0.4) is 0 Å². The summed E-state index contributed by atoms with van der Waals surface area (Å²) in [6, 6.07) is 13.8. The molecule has 8 heteroatoms. The van der Waals surface area contributed by atoms with Gasteiger partial charge in [-0.05, 0) is 67.9 Å². The lowest BCUT2D eigenvalue weighted by Gasteiger charge is -2.28. The van der Waals surface area contributed by atoms with Crippen LogP contribution in [0.2, 0.25) is 5.02 Å². The van der Waals surface area contributed by atoms with Crippen LogP contribution in [0.15, 0.2) is 53.4 Å². The van der Waals surface area contributed by atoms with Crippen molar-refractivity contribution in [1.29, 1.82) is 0 Å². The summed E-state index contributed by atoms with van der Waals surface area (Å²) in [6.45, 7) is 2.56. The van der Waals surface area contributed by atoms with Crippen molar-refractivity contribution in [3.8, 4) is 0 Å². The minimum absolute atomic E-state index is 0.0452. The number of nitrogens with zero attached hydrogens (tertiary/aromatic N) is 1. The number of amides is 1. The third kappa shape index (κ3) is 5.82. The van der Waals surface area contributed by atoms with Crippen molar-refractivity contribution < 1.29 is 17.9 Å². The number of hydrogen-bond acceptors (Lipinski definition) is 5. The Morgan fingerprint density at radius 2 is 1.87 bits per heavy atom. The number of sulfone groups is 1. The summed E-state index contributed by atoms with van der Waals surface area (Å²) < 4.78 is 29.3. The monoisotopic (exact) mass is 450 g/mol. The highest BCUT2D eigenvalue weighted by molar-refractivity contribution is 7.91. The van der Waals surface area contributed by atoms with Gasteiger partial charge in [0.2, 0.25) is 0 Å². The van der Waals surface area contributed by atoms with Crippen LogP contribution in [0.25, 0.3) is 0 Å². The van der Waals surface area contributed by atoms with Crippen LogP contribution >= 0.6 is 11.6 Å². The van der Waals surface area contributed by atoms with E-state index < -0.39 is 9.84 Å². The summed E-state index contributed by atoms with van der Waals surface area (Å²) in [5.41, 5.74) is 1.50. The van der Waals surface area contributed by atoms with Gasteiger partial charge in [-0.3, -0.25) is 9.69 Å². The van der Waals surface area contributed by atoms with Crippen LogP contribution in [0, 0.1) is 0 Å². The van der Waals surface area contributed by atoms with Gasteiger partial charge in [0, 0.05) is 24.2 Å². The number of ether oxygens (including phenoxy) is 1. The Morgan fingerprint density at radius 3 is 2.50 bits per heavy atom. The zero-order chi connectivity index (χ0) is 21.6. The van der Waals surface area contributed by atoms with E-state index in [1.54, 1.807) is 12.1 Å². The maximum atomic E-state index is 12.7. The highest BCUT2D eigenvalue weighted by atomic mass is 35.5. The lowest BCUT2D eigenvalue weighted by atomic mass is 10.1. The zero-order valence-electron chi connectivity index (χ0n) is 17.0. The Hall–Kier alpha value is -1.93. The molecule has 0 aromatic heterocycles. The summed E-state index contributed by atoms with van der Waals surface area (Å²) in [7, 11) is -1.96. The molecule has 1 amide bonds. The molecule has 2 aromatic carbocycles. The molecule has 1 fully saturated rings. The number of hydrogen-bond donors (Lipinski definition) is 1. The molecule has 0 spiro atoms. The Labute approximate surface area is 183 Å². The van der Waals surface area contributed by atoms with Crippen molar-refractivity contribution in [3.05, 3.63) is 64.7 Å². The molecule has 1 aliphatic heterocycles. The fourth-order valence-electron chi connectivity index (χ4n) is 3.64. The molecule has 0 radical (unpaired) electrons. The molecule has 30 heavy (non-hydrogen) atoms. The minimum atomic E-state index is -3.42. The number of carbonyl (C=O) groups excluding carboxylic acids is 1. The lowest BCUT2D eigenvalue weighted by Crippen LogP contribution is -2.36. The topological polar surface area (TPSA) is 75.7 Å². The second-order valence-corrected chi connectivity index (χ2v) is 9.91. The van der Waals surface area contributed by atoms with E-state index in [9.17, 15) is 13.2 Å². The Morgan fingerprint density at radius 1 is 1.17 bits per heavy atom. The number of benzene rings is 2. The highest BCUT2D eigenvalue weighted by Gasteiger charge is 2.24. The molecule has 0 aliphatic carbocycles. The molecule has 3 rings (SSSR count). The Bertz CT molecular complexity index is 957. The van der Waals surface area contributed by atoms with E-state index in [0.717, 1.165) is 31.5 Å². The number of carbonyl (C=O) groups is 1. The second-order valence-electron chi connectivity index (χ2n) is 7.36. The van der Waals surface area contributed by atoms with Crippen LogP contribution in [0.4, 0.5) is 0 Å². The first-order valence-corrected chi connectivity index (χ1v) is 12.0. The zero-order valence-corrected chi connectivity index (χ0v) is 18.6. The Kier molecular flexibility index (Phi) is 7.88. The molecule has 6 nitrogen and oxygen atoms in total. The van der Waals surface area contributed by atoms with E-state index >= 15 is 0 Å². The van der Waals surface area contributed by atoms with Crippen LogP contribution < -0.4 is 5.32 Å². The summed E-state index contributed by atoms with van der Waals surface area (Å²) in [5, 5.41) is 3.67. The van der Waals surface area contributed by atoms with Gasteiger partial charge in [-0.1, -0.05) is 23.7 Å². The molecule has 1 N–H and O–H groups in total. The largest absolute Gasteiger partial charge is 0.384 e. The molecule has 1 atom stereocenters. The van der Waals surface area contributed by atoms with Gasteiger partial charge in [0.1, 0.15) is 0 Å². The smallest absolute Gasteiger partial charge is 0.251 e. The normalized spacial score (nSPS) is 15.8. The maximum absolute atomic E-state index is 12.7. The van der Waals surface area contributed by atoms with E-state index in [1.165, 1.54) is 19.2 Å². The number of rotatable bonds is 9. The first kappa shape index (κ1) is 22.7. The van der Waals surface area contributed by atoms with Gasteiger partial charge in [-0.25, -0.2) is 8.42 Å². The second kappa shape index (κ2) is 10.4. The summed E-state index contributed by atoms with van der Waals surface area (Å²) in [4.78, 5) is 15.2. The van der Waals surface area contributed by atoms with Crippen molar-refractivity contribution in [3.63, 3.8) is 0 Å². The fraction of sp³-hybridized carbons (Fsp3) is 0.409. The SMILES string of the molecule is COCCS(=O)(=O)c1ccc(C(=O)NCC(c2cccc(Cl)c2)N2CCCC2)cc1. The van der Waals surface area contributed by atoms with Crippen LogP contribution in [0.5, 0.6) is 0 Å². The fourth-order valence-corrected chi connectivity index (χ4v) is 5.01. The molecule has 1 saturated heterocycles. The van der Waals surface area contributed by atoms with E-state index in [2.05, 4.69) is 10.2 Å². The number of likely N-dealkylation sites (tertiary alicyclic amines) is 1. The van der Waals surface area contributed by atoms with E-state index in [-0.39, 0.29) is 29.2 Å². The molecule has 1 aliphatic rings. The third-order valence-corrected chi connectivity index (χ3v) is 7.23. The van der Waals surface area contributed by atoms with E-state index in [0.29, 0.717) is 17.1 Å². The van der Waals surface area contributed by atoms with Crippen LogP contribution in [0.1, 0.15) is 34.8 Å². The van der Waals surface area contributed by atoms with Crippen LogP contribution in [-0.2, 0) is 14.6 Å². The predicted molar refractivity (Wildman–Crippen MR) is 118 cm³/mol. The highest BCUT2D eigenvalue weighted by Crippen LogP contribution is 2.26. The first-order valence-electron chi connectivity index (χ1n) is 10.0. The summed E-state index contributed by atoms with van der Waals surface area (Å²) in [5.74, 6) is -0.325. The third-order valence-electron chi connectivity index (χ3n) is 5.30. The molecule has 2 aromatic rings. The van der Waals surface area contributed by atoms with Gasteiger partial charge in [0.15, 0.2) is 9.84 Å². The maximum Gasteiger partial charge on any atom is 0.251 e. The summed E-state index contributed by atoms with van der Waals surface area (Å²) in [6.07, 6.45) is 2.29. The van der Waals surface area contributed by atoms with Gasteiger partial charge in [0.05, 0.1) is 23.3 Å². The van der Waals surface area contributed by atoms with Crippen LogP contribution in [-0.4, -0.2) is 58.3 Å². The van der Waals surface area contributed by atoms with Crippen molar-refractivity contribution in [1.82, 2.24) is 10.2 Å². The van der Waals surface area contributed by atoms with Gasteiger partial charge in [0.25, 0.3) is 5.91 Å². The first-order chi connectivity index (χ1) is 14.4. The standard InChI is InChI=1S/C22H27ClN2O4S/c1-29-13-14-30(27,28)20-9-7-17(8-10-20)22(26)24-16-21(25-11-2-3-12-25)18-5-4-6-19(23)15-18/h4-10,15,21H,2-3,11-14,16H2,1H3,(H,24,26).